The van der Waals surface area contributed by atoms with Crippen molar-refractivity contribution in [2.45, 2.75) is 38.5 Å². The molecular weight excluding hydrogens is 328 g/mol. The van der Waals surface area contributed by atoms with E-state index in [-0.39, 0.29) is 6.04 Å². The van der Waals surface area contributed by atoms with Crippen LogP contribution in [0.5, 0.6) is 0 Å². The molecule has 1 aliphatic rings. The van der Waals surface area contributed by atoms with E-state index in [0.29, 0.717) is 11.7 Å². The summed E-state index contributed by atoms with van der Waals surface area (Å²) in [7, 11) is 0. The molecule has 0 aromatic carbocycles. The van der Waals surface area contributed by atoms with E-state index in [1.54, 1.807) is 12.4 Å². The summed E-state index contributed by atoms with van der Waals surface area (Å²) in [5.41, 5.74) is 1.59. The van der Waals surface area contributed by atoms with Crippen LogP contribution in [0, 0.1) is 12.8 Å². The van der Waals surface area contributed by atoms with Crippen LogP contribution in [0.3, 0.4) is 0 Å². The van der Waals surface area contributed by atoms with Gasteiger partial charge in [-0.05, 0) is 43.9 Å². The zero-order valence-corrected chi connectivity index (χ0v) is 14.7. The average molecular weight is 350 g/mol. The predicted molar refractivity (Wildman–Crippen MR) is 98.4 cm³/mol. The largest absolute Gasteiger partial charge is 0.391 e. The molecule has 7 nitrogen and oxygen atoms in total. The number of anilines is 1. The molecule has 0 bridgehead atoms. The van der Waals surface area contributed by atoms with Crippen molar-refractivity contribution in [1.82, 2.24) is 24.7 Å². The number of nitrogens with one attached hydrogen (secondary N) is 1. The van der Waals surface area contributed by atoms with Gasteiger partial charge in [0.2, 0.25) is 0 Å². The van der Waals surface area contributed by atoms with Crippen LogP contribution in [0.4, 0.5) is 5.82 Å². The predicted octanol–water partition coefficient (Wildman–Crippen LogP) is 2.30. The number of hydrogen-bond acceptors (Lipinski definition) is 6. The first-order valence-corrected chi connectivity index (χ1v) is 8.86. The van der Waals surface area contributed by atoms with Gasteiger partial charge in [-0.15, -0.1) is 0 Å². The van der Waals surface area contributed by atoms with Crippen LogP contribution < -0.4 is 5.32 Å². The first-order valence-electron chi connectivity index (χ1n) is 8.86. The fourth-order valence-corrected chi connectivity index (χ4v) is 3.57. The highest BCUT2D eigenvalue weighted by Crippen LogP contribution is 2.30. The van der Waals surface area contributed by atoms with Crippen LogP contribution in [0.2, 0.25) is 0 Å². The van der Waals surface area contributed by atoms with Gasteiger partial charge >= 0.3 is 0 Å². The molecule has 1 fully saturated rings. The highest BCUT2D eigenvalue weighted by atomic mass is 16.3. The van der Waals surface area contributed by atoms with Crippen LogP contribution in [-0.2, 0) is 6.54 Å². The van der Waals surface area contributed by atoms with Crippen molar-refractivity contribution >= 4 is 5.82 Å². The quantitative estimate of drug-likeness (QED) is 0.734. The van der Waals surface area contributed by atoms with Crippen molar-refractivity contribution in [3.05, 3.63) is 54.7 Å². The molecule has 1 aliphatic carbocycles. The van der Waals surface area contributed by atoms with Gasteiger partial charge in [0.25, 0.3) is 0 Å². The molecule has 0 spiro atoms. The number of aromatic nitrogens is 5. The lowest BCUT2D eigenvalue weighted by molar-refractivity contribution is 0.166. The fourth-order valence-electron chi connectivity index (χ4n) is 3.57. The SMILES string of the molecule is Cc1nc(N[C@@H]2CC(Cn3cccn3)C[C@H]2O)cc(-c2ccccn2)n1. The summed E-state index contributed by atoms with van der Waals surface area (Å²) < 4.78 is 1.92. The Labute approximate surface area is 152 Å². The van der Waals surface area contributed by atoms with E-state index in [0.717, 1.165) is 36.6 Å². The molecule has 3 aromatic rings. The second-order valence-corrected chi connectivity index (χ2v) is 6.78. The Morgan fingerprint density at radius 3 is 2.85 bits per heavy atom. The molecule has 3 atom stereocenters. The number of pyridine rings is 1. The van der Waals surface area contributed by atoms with E-state index in [1.807, 2.05) is 48.1 Å². The molecule has 134 valence electrons. The van der Waals surface area contributed by atoms with Crippen molar-refractivity contribution in [1.29, 1.82) is 0 Å². The minimum atomic E-state index is -0.399. The van der Waals surface area contributed by atoms with Gasteiger partial charge in [-0.3, -0.25) is 9.67 Å². The van der Waals surface area contributed by atoms with Crippen molar-refractivity contribution in [3.8, 4) is 11.4 Å². The summed E-state index contributed by atoms with van der Waals surface area (Å²) in [6.45, 7) is 2.69. The topological polar surface area (TPSA) is 88.8 Å². The first kappa shape index (κ1) is 16.7. The molecule has 3 aromatic heterocycles. The lowest BCUT2D eigenvalue weighted by atomic mass is 10.1. The maximum atomic E-state index is 10.5. The van der Waals surface area contributed by atoms with Gasteiger partial charge in [-0.1, -0.05) is 6.07 Å². The fraction of sp³-hybridized carbons (Fsp3) is 0.368. The van der Waals surface area contributed by atoms with Crippen LogP contribution in [0.15, 0.2) is 48.9 Å². The van der Waals surface area contributed by atoms with Crippen LogP contribution in [0.25, 0.3) is 11.4 Å². The van der Waals surface area contributed by atoms with Crippen molar-refractivity contribution in [2.24, 2.45) is 5.92 Å². The number of aryl methyl sites for hydroxylation is 1. The molecule has 1 saturated carbocycles. The Hall–Kier alpha value is -2.80. The van der Waals surface area contributed by atoms with Crippen molar-refractivity contribution < 1.29 is 5.11 Å². The van der Waals surface area contributed by atoms with Crippen LogP contribution >= 0.6 is 0 Å². The van der Waals surface area contributed by atoms with E-state index in [9.17, 15) is 5.11 Å². The molecule has 1 unspecified atom stereocenters. The number of hydrogen-bond donors (Lipinski definition) is 2. The lowest BCUT2D eigenvalue weighted by Gasteiger charge is -2.18. The molecule has 0 radical (unpaired) electrons. The molecule has 26 heavy (non-hydrogen) atoms. The van der Waals surface area contributed by atoms with Gasteiger partial charge in [0.15, 0.2) is 0 Å². The Bertz CT molecular complexity index is 852. The number of aliphatic hydroxyl groups excluding tert-OH is 1. The highest BCUT2D eigenvalue weighted by molar-refractivity contribution is 5.58. The molecule has 2 N–H and O–H groups in total. The monoisotopic (exact) mass is 350 g/mol. The molecule has 0 saturated heterocycles. The molecular formula is C19H22N6O. The lowest BCUT2D eigenvalue weighted by Crippen LogP contribution is -2.28. The van der Waals surface area contributed by atoms with Crippen molar-refractivity contribution in [3.63, 3.8) is 0 Å². The molecule has 3 heterocycles. The summed E-state index contributed by atoms with van der Waals surface area (Å²) in [4.78, 5) is 13.3. The number of nitrogens with zero attached hydrogens (tertiary/aromatic N) is 5. The maximum Gasteiger partial charge on any atom is 0.130 e. The van der Waals surface area contributed by atoms with Gasteiger partial charge in [0, 0.05) is 31.2 Å². The van der Waals surface area contributed by atoms with E-state index >= 15 is 0 Å². The second-order valence-electron chi connectivity index (χ2n) is 6.78. The Morgan fingerprint density at radius 1 is 1.15 bits per heavy atom. The van der Waals surface area contributed by atoms with Gasteiger partial charge in [0.05, 0.1) is 23.5 Å². The smallest absolute Gasteiger partial charge is 0.130 e. The van der Waals surface area contributed by atoms with Gasteiger partial charge in [0.1, 0.15) is 11.6 Å². The molecule has 0 amide bonds. The Morgan fingerprint density at radius 2 is 2.08 bits per heavy atom. The van der Waals surface area contributed by atoms with Crippen LogP contribution in [0.1, 0.15) is 18.7 Å². The van der Waals surface area contributed by atoms with E-state index in [1.165, 1.54) is 0 Å². The van der Waals surface area contributed by atoms with E-state index < -0.39 is 6.10 Å². The van der Waals surface area contributed by atoms with Crippen LogP contribution in [-0.4, -0.2) is 42.0 Å². The number of rotatable bonds is 5. The van der Waals surface area contributed by atoms with Gasteiger partial charge in [-0.2, -0.15) is 5.10 Å². The third kappa shape index (κ3) is 3.72. The minimum absolute atomic E-state index is 0.0264. The zero-order valence-electron chi connectivity index (χ0n) is 14.7. The molecule has 7 heteroatoms. The Kier molecular flexibility index (Phi) is 4.62. The molecule has 0 aliphatic heterocycles. The Balaban J connectivity index is 1.47. The third-order valence-electron chi connectivity index (χ3n) is 4.73. The highest BCUT2D eigenvalue weighted by Gasteiger charge is 2.33. The number of aliphatic hydroxyl groups is 1. The summed E-state index contributed by atoms with van der Waals surface area (Å²) in [5, 5.41) is 18.1. The normalized spacial score (nSPS) is 22.5. The second kappa shape index (κ2) is 7.21. The summed E-state index contributed by atoms with van der Waals surface area (Å²) in [5.74, 6) is 1.79. The summed E-state index contributed by atoms with van der Waals surface area (Å²) >= 11 is 0. The minimum Gasteiger partial charge on any atom is -0.391 e. The summed E-state index contributed by atoms with van der Waals surface area (Å²) in [6, 6.07) is 9.53. The first-order chi connectivity index (χ1) is 12.7. The van der Waals surface area contributed by atoms with Gasteiger partial charge < -0.3 is 10.4 Å². The van der Waals surface area contributed by atoms with E-state index in [2.05, 4.69) is 25.4 Å². The van der Waals surface area contributed by atoms with Gasteiger partial charge in [-0.25, -0.2) is 9.97 Å². The third-order valence-corrected chi connectivity index (χ3v) is 4.73. The average Bonchev–Trinajstić information content (AvgIpc) is 3.26. The zero-order chi connectivity index (χ0) is 17.9. The summed E-state index contributed by atoms with van der Waals surface area (Å²) in [6.07, 6.45) is 6.73. The van der Waals surface area contributed by atoms with E-state index in [4.69, 9.17) is 0 Å². The maximum absolute atomic E-state index is 10.5. The molecule has 4 rings (SSSR count). The van der Waals surface area contributed by atoms with Crippen molar-refractivity contribution in [2.75, 3.05) is 5.32 Å². The standard InChI is InChI=1S/C19H22N6O/c1-13-22-16(15-5-2-3-6-20-15)11-19(23-13)24-17-9-14(10-18(17)26)12-25-8-4-7-21-25/h2-8,11,14,17-18,26H,9-10,12H2,1H3,(H,22,23,24)/t14?,17-,18-/m1/s1.